The molecule has 2 rings (SSSR count). The number of rotatable bonds is 4. The molecular weight excluding hydrogens is 274 g/mol. The van der Waals surface area contributed by atoms with Crippen molar-refractivity contribution in [2.45, 2.75) is 0 Å². The fraction of sp³-hybridized carbons (Fsp3) is 0.0667. The molecule has 0 aliphatic heterocycles. The first-order chi connectivity index (χ1) is 9.97. The summed E-state index contributed by atoms with van der Waals surface area (Å²) >= 11 is 0. The minimum Gasteiger partial charge on any atom is -0.508 e. The lowest BCUT2D eigenvalue weighted by atomic mass is 10.1. The molecule has 0 atom stereocenters. The van der Waals surface area contributed by atoms with Gasteiger partial charge >= 0.3 is 5.97 Å². The first-order valence-electron chi connectivity index (χ1n) is 6.09. The lowest BCUT2D eigenvalue weighted by Gasteiger charge is -2.21. The number of phenolic OH excluding ortho intramolecular Hbond substituents is 2. The molecule has 6 nitrogen and oxygen atoms in total. The molecule has 0 fully saturated rings. The second-order valence-electron chi connectivity index (χ2n) is 4.36. The van der Waals surface area contributed by atoms with Gasteiger partial charge in [0.15, 0.2) is 0 Å². The van der Waals surface area contributed by atoms with Crippen molar-refractivity contribution in [3.63, 3.8) is 0 Å². The molecule has 6 heteroatoms. The molecule has 0 unspecified atom stereocenters. The Morgan fingerprint density at radius 3 is 2.05 bits per heavy atom. The van der Waals surface area contributed by atoms with Crippen LogP contribution in [0, 0.1) is 0 Å². The highest BCUT2D eigenvalue weighted by molar-refractivity contribution is 6.08. The number of phenols is 2. The average Bonchev–Trinajstić information content (AvgIpc) is 2.44. The van der Waals surface area contributed by atoms with E-state index in [1.165, 1.54) is 12.1 Å². The molecule has 0 aromatic heterocycles. The third kappa shape index (κ3) is 3.50. The molecular formula is C15H13NO5. The number of carboxylic acids is 1. The van der Waals surface area contributed by atoms with Crippen molar-refractivity contribution < 1.29 is 24.9 Å². The zero-order chi connectivity index (χ0) is 15.4. The molecule has 0 saturated heterocycles. The topological polar surface area (TPSA) is 98.1 Å². The van der Waals surface area contributed by atoms with Crippen LogP contribution in [0.1, 0.15) is 10.4 Å². The number of anilines is 1. The average molecular weight is 287 g/mol. The van der Waals surface area contributed by atoms with E-state index in [1.807, 2.05) is 0 Å². The van der Waals surface area contributed by atoms with Crippen LogP contribution in [-0.4, -0.2) is 33.7 Å². The molecule has 0 bridgehead atoms. The number of amides is 1. The van der Waals surface area contributed by atoms with Crippen LogP contribution in [0.25, 0.3) is 0 Å². The Balaban J connectivity index is 2.41. The lowest BCUT2D eigenvalue weighted by Crippen LogP contribution is -2.35. The Morgan fingerprint density at radius 1 is 0.952 bits per heavy atom. The Bertz CT molecular complexity index is 649. The standard InChI is InChI=1S/C15H13NO5/c17-12-6-10(7-13(18)8-12)15(21)16(9-14(19)20)11-4-2-1-3-5-11/h1-8,17-18H,9H2,(H,19,20). The lowest BCUT2D eigenvalue weighted by molar-refractivity contribution is -0.135. The number of carboxylic acid groups (broad SMARTS) is 1. The summed E-state index contributed by atoms with van der Waals surface area (Å²) in [7, 11) is 0. The van der Waals surface area contributed by atoms with Crippen molar-refractivity contribution in [2.75, 3.05) is 11.4 Å². The molecule has 2 aromatic rings. The number of aliphatic carboxylic acids is 1. The minimum absolute atomic E-state index is 0.00222. The van der Waals surface area contributed by atoms with Crippen LogP contribution in [0.5, 0.6) is 11.5 Å². The van der Waals surface area contributed by atoms with Gasteiger partial charge in [-0.3, -0.25) is 14.5 Å². The number of aromatic hydroxyl groups is 2. The molecule has 0 spiro atoms. The number of hydrogen-bond acceptors (Lipinski definition) is 4. The SMILES string of the molecule is O=C(O)CN(C(=O)c1cc(O)cc(O)c1)c1ccccc1. The van der Waals surface area contributed by atoms with Gasteiger partial charge in [-0.1, -0.05) is 18.2 Å². The molecule has 0 aliphatic rings. The highest BCUT2D eigenvalue weighted by atomic mass is 16.4. The van der Waals surface area contributed by atoms with Crippen molar-refractivity contribution in [1.29, 1.82) is 0 Å². The van der Waals surface area contributed by atoms with Crippen molar-refractivity contribution in [2.24, 2.45) is 0 Å². The van der Waals surface area contributed by atoms with Crippen LogP contribution >= 0.6 is 0 Å². The number of para-hydroxylation sites is 1. The molecule has 2 aromatic carbocycles. The maximum absolute atomic E-state index is 12.4. The third-order valence-corrected chi connectivity index (χ3v) is 2.76. The predicted molar refractivity (Wildman–Crippen MR) is 75.5 cm³/mol. The fourth-order valence-corrected chi connectivity index (χ4v) is 1.90. The molecule has 1 amide bonds. The minimum atomic E-state index is -1.17. The molecule has 0 heterocycles. The fourth-order valence-electron chi connectivity index (χ4n) is 1.90. The van der Waals surface area contributed by atoms with Gasteiger partial charge in [0, 0.05) is 17.3 Å². The van der Waals surface area contributed by atoms with Crippen LogP contribution in [0.2, 0.25) is 0 Å². The van der Waals surface area contributed by atoms with Gasteiger partial charge in [-0.05, 0) is 24.3 Å². The van der Waals surface area contributed by atoms with Crippen molar-refractivity contribution in [1.82, 2.24) is 0 Å². The first-order valence-corrected chi connectivity index (χ1v) is 6.09. The predicted octanol–water partition coefficient (Wildman–Crippen LogP) is 1.83. The molecule has 0 radical (unpaired) electrons. The number of benzene rings is 2. The quantitative estimate of drug-likeness (QED) is 0.797. The van der Waals surface area contributed by atoms with Crippen LogP contribution in [0.4, 0.5) is 5.69 Å². The van der Waals surface area contributed by atoms with E-state index in [-0.39, 0.29) is 17.1 Å². The van der Waals surface area contributed by atoms with Crippen LogP contribution in [0.3, 0.4) is 0 Å². The van der Waals surface area contributed by atoms with Crippen molar-refractivity contribution >= 4 is 17.6 Å². The van der Waals surface area contributed by atoms with Crippen molar-refractivity contribution in [3.8, 4) is 11.5 Å². The van der Waals surface area contributed by atoms with E-state index in [2.05, 4.69) is 0 Å². The zero-order valence-electron chi connectivity index (χ0n) is 10.9. The van der Waals surface area contributed by atoms with E-state index < -0.39 is 18.4 Å². The molecule has 0 aliphatic carbocycles. The molecule has 0 saturated carbocycles. The maximum atomic E-state index is 12.4. The second kappa shape index (κ2) is 5.96. The first kappa shape index (κ1) is 14.4. The molecule has 21 heavy (non-hydrogen) atoms. The van der Waals surface area contributed by atoms with Gasteiger partial charge in [0.1, 0.15) is 18.0 Å². The highest BCUT2D eigenvalue weighted by Gasteiger charge is 2.21. The van der Waals surface area contributed by atoms with Crippen LogP contribution in [0.15, 0.2) is 48.5 Å². The largest absolute Gasteiger partial charge is 0.508 e. The monoisotopic (exact) mass is 287 g/mol. The zero-order valence-corrected chi connectivity index (χ0v) is 10.9. The van der Waals surface area contributed by atoms with Gasteiger partial charge in [-0.25, -0.2) is 0 Å². The summed E-state index contributed by atoms with van der Waals surface area (Å²) in [6.45, 7) is -0.529. The van der Waals surface area contributed by atoms with Crippen LogP contribution < -0.4 is 4.90 Å². The Labute approximate surface area is 120 Å². The van der Waals surface area contributed by atoms with E-state index in [4.69, 9.17) is 5.11 Å². The number of nitrogens with zero attached hydrogens (tertiary/aromatic N) is 1. The van der Waals surface area contributed by atoms with E-state index in [0.29, 0.717) is 5.69 Å². The summed E-state index contributed by atoms with van der Waals surface area (Å²) in [5, 5.41) is 27.8. The number of carbonyl (C=O) groups is 2. The summed E-state index contributed by atoms with van der Waals surface area (Å²) < 4.78 is 0. The van der Waals surface area contributed by atoms with Gasteiger partial charge in [0.25, 0.3) is 5.91 Å². The number of carbonyl (C=O) groups excluding carboxylic acids is 1. The van der Waals surface area contributed by atoms with Gasteiger partial charge in [-0.15, -0.1) is 0 Å². The maximum Gasteiger partial charge on any atom is 0.323 e. The third-order valence-electron chi connectivity index (χ3n) is 2.76. The van der Waals surface area contributed by atoms with E-state index in [9.17, 15) is 19.8 Å². The van der Waals surface area contributed by atoms with Gasteiger partial charge < -0.3 is 15.3 Å². The van der Waals surface area contributed by atoms with Gasteiger partial charge in [-0.2, -0.15) is 0 Å². The van der Waals surface area contributed by atoms with E-state index >= 15 is 0 Å². The summed E-state index contributed by atoms with van der Waals surface area (Å²) in [5.41, 5.74) is 0.408. The molecule has 3 N–H and O–H groups in total. The summed E-state index contributed by atoms with van der Waals surface area (Å²) in [5.74, 6) is -2.35. The summed E-state index contributed by atoms with van der Waals surface area (Å²) in [4.78, 5) is 24.4. The molecule has 108 valence electrons. The Hall–Kier alpha value is -3.02. The Kier molecular flexibility index (Phi) is 4.08. The van der Waals surface area contributed by atoms with Crippen molar-refractivity contribution in [3.05, 3.63) is 54.1 Å². The Morgan fingerprint density at radius 2 is 1.52 bits per heavy atom. The smallest absolute Gasteiger partial charge is 0.323 e. The van der Waals surface area contributed by atoms with E-state index in [0.717, 1.165) is 11.0 Å². The van der Waals surface area contributed by atoms with E-state index in [1.54, 1.807) is 30.3 Å². The summed E-state index contributed by atoms with van der Waals surface area (Å²) in [6, 6.07) is 11.7. The van der Waals surface area contributed by atoms with Gasteiger partial charge in [0.2, 0.25) is 0 Å². The second-order valence-corrected chi connectivity index (χ2v) is 4.36. The highest BCUT2D eigenvalue weighted by Crippen LogP contribution is 2.23. The van der Waals surface area contributed by atoms with Crippen LogP contribution in [-0.2, 0) is 4.79 Å². The normalized spacial score (nSPS) is 10.1. The number of hydrogen-bond donors (Lipinski definition) is 3. The van der Waals surface area contributed by atoms with Gasteiger partial charge in [0.05, 0.1) is 0 Å². The summed E-state index contributed by atoms with van der Waals surface area (Å²) in [6.07, 6.45) is 0.